The minimum atomic E-state index is -0.921. The largest absolute Gasteiger partial charge is 0.508 e. The number of phenolic OH excluding ortho intramolecular Hbond substituents is 1. The summed E-state index contributed by atoms with van der Waals surface area (Å²) in [5, 5.41) is 27.5. The summed E-state index contributed by atoms with van der Waals surface area (Å²) in [5.74, 6) is -0.444. The van der Waals surface area contributed by atoms with Crippen molar-refractivity contribution in [3.05, 3.63) is 23.2 Å². The molecule has 0 radical (unpaired) electrons. The van der Waals surface area contributed by atoms with Crippen LogP contribution >= 0.6 is 23.4 Å². The van der Waals surface area contributed by atoms with E-state index in [1.165, 1.54) is 12.1 Å². The zero-order chi connectivity index (χ0) is 15.6. The molecule has 2 aromatic rings. The third-order valence-electron chi connectivity index (χ3n) is 2.70. The summed E-state index contributed by atoms with van der Waals surface area (Å²) >= 11 is 7.24. The van der Waals surface area contributed by atoms with Crippen molar-refractivity contribution in [3.63, 3.8) is 0 Å². The lowest BCUT2D eigenvalue weighted by Crippen LogP contribution is -2.07. The summed E-state index contributed by atoms with van der Waals surface area (Å²) in [4.78, 5) is 10.7. The molecule has 1 heterocycles. The van der Waals surface area contributed by atoms with Gasteiger partial charge < -0.3 is 10.2 Å². The van der Waals surface area contributed by atoms with Crippen LogP contribution in [-0.2, 0) is 4.79 Å². The highest BCUT2D eigenvalue weighted by Crippen LogP contribution is 2.33. The molecule has 0 fully saturated rings. The van der Waals surface area contributed by atoms with E-state index < -0.39 is 5.97 Å². The second-order valence-corrected chi connectivity index (χ2v) is 5.97. The molecule has 0 atom stereocenters. The van der Waals surface area contributed by atoms with Crippen LogP contribution in [-0.4, -0.2) is 36.7 Å². The Labute approximate surface area is 130 Å². The van der Waals surface area contributed by atoms with E-state index in [1.54, 1.807) is 10.6 Å². The van der Waals surface area contributed by atoms with Crippen LogP contribution in [0.5, 0.6) is 5.75 Å². The fourth-order valence-corrected chi connectivity index (χ4v) is 2.83. The average molecular weight is 328 g/mol. The number of aliphatic carboxylic acids is 1. The first-order valence-corrected chi connectivity index (χ1v) is 7.55. The van der Waals surface area contributed by atoms with Gasteiger partial charge in [-0.25, -0.2) is 0 Å². The summed E-state index contributed by atoms with van der Waals surface area (Å²) in [5.41, 5.74) is 0.556. The molecule has 0 bridgehead atoms. The molecular formula is C13H14ClN3O3S. The topological polar surface area (TPSA) is 88.2 Å². The van der Waals surface area contributed by atoms with E-state index in [0.29, 0.717) is 21.6 Å². The van der Waals surface area contributed by atoms with Gasteiger partial charge in [-0.15, -0.1) is 10.2 Å². The molecule has 112 valence electrons. The molecule has 2 rings (SSSR count). The number of nitrogens with zero attached hydrogens (tertiary/aromatic N) is 3. The van der Waals surface area contributed by atoms with E-state index in [0.717, 1.165) is 11.8 Å². The fraction of sp³-hybridized carbons (Fsp3) is 0.308. The SMILES string of the molecule is CC(C)n1c(SCC(=O)O)nnc1-c1cc(O)ccc1Cl. The van der Waals surface area contributed by atoms with Gasteiger partial charge in [-0.1, -0.05) is 23.4 Å². The van der Waals surface area contributed by atoms with Gasteiger partial charge in [-0.05, 0) is 32.0 Å². The predicted molar refractivity (Wildman–Crippen MR) is 80.9 cm³/mol. The van der Waals surface area contributed by atoms with E-state index in [-0.39, 0.29) is 17.5 Å². The van der Waals surface area contributed by atoms with E-state index in [1.807, 2.05) is 13.8 Å². The Morgan fingerprint density at radius 3 is 2.76 bits per heavy atom. The van der Waals surface area contributed by atoms with Crippen LogP contribution in [0.15, 0.2) is 23.4 Å². The molecule has 8 heteroatoms. The van der Waals surface area contributed by atoms with Crippen LogP contribution in [0.2, 0.25) is 5.02 Å². The number of benzene rings is 1. The third-order valence-corrected chi connectivity index (χ3v) is 3.95. The second-order valence-electron chi connectivity index (χ2n) is 4.62. The fourth-order valence-electron chi connectivity index (χ4n) is 1.84. The minimum Gasteiger partial charge on any atom is -0.508 e. The molecule has 0 amide bonds. The lowest BCUT2D eigenvalue weighted by molar-refractivity contribution is -0.133. The van der Waals surface area contributed by atoms with Gasteiger partial charge in [0.15, 0.2) is 11.0 Å². The first kappa shape index (κ1) is 15.7. The number of aromatic nitrogens is 3. The lowest BCUT2D eigenvalue weighted by atomic mass is 10.2. The molecule has 0 saturated heterocycles. The summed E-state index contributed by atoms with van der Waals surface area (Å²) in [6, 6.07) is 4.60. The van der Waals surface area contributed by atoms with Crippen molar-refractivity contribution in [1.82, 2.24) is 14.8 Å². The van der Waals surface area contributed by atoms with E-state index in [2.05, 4.69) is 10.2 Å². The molecule has 1 aromatic carbocycles. The zero-order valence-electron chi connectivity index (χ0n) is 11.4. The Morgan fingerprint density at radius 1 is 1.43 bits per heavy atom. The first-order chi connectivity index (χ1) is 9.90. The maximum absolute atomic E-state index is 10.7. The Kier molecular flexibility index (Phi) is 4.74. The maximum atomic E-state index is 10.7. The Balaban J connectivity index is 2.49. The van der Waals surface area contributed by atoms with Crippen molar-refractivity contribution in [2.45, 2.75) is 25.0 Å². The number of carboxylic acid groups (broad SMARTS) is 1. The molecule has 6 nitrogen and oxygen atoms in total. The van der Waals surface area contributed by atoms with Crippen LogP contribution in [0.25, 0.3) is 11.4 Å². The van der Waals surface area contributed by atoms with Crippen molar-refractivity contribution < 1.29 is 15.0 Å². The highest BCUT2D eigenvalue weighted by atomic mass is 35.5. The van der Waals surface area contributed by atoms with E-state index >= 15 is 0 Å². The van der Waals surface area contributed by atoms with Gasteiger partial charge in [0, 0.05) is 11.6 Å². The molecule has 0 unspecified atom stereocenters. The van der Waals surface area contributed by atoms with Crippen molar-refractivity contribution in [1.29, 1.82) is 0 Å². The number of hydrogen-bond donors (Lipinski definition) is 2. The number of carboxylic acids is 1. The van der Waals surface area contributed by atoms with Crippen molar-refractivity contribution in [3.8, 4) is 17.1 Å². The Hall–Kier alpha value is -1.73. The summed E-state index contributed by atoms with van der Waals surface area (Å²) in [6.07, 6.45) is 0. The number of hydrogen-bond acceptors (Lipinski definition) is 5. The average Bonchev–Trinajstić information content (AvgIpc) is 2.83. The number of thioether (sulfide) groups is 1. The minimum absolute atomic E-state index is 0.0183. The summed E-state index contributed by atoms with van der Waals surface area (Å²) in [6.45, 7) is 3.88. The molecule has 0 saturated carbocycles. The van der Waals surface area contributed by atoms with E-state index in [9.17, 15) is 9.90 Å². The van der Waals surface area contributed by atoms with Crippen molar-refractivity contribution >= 4 is 29.3 Å². The molecule has 1 aromatic heterocycles. The summed E-state index contributed by atoms with van der Waals surface area (Å²) in [7, 11) is 0. The van der Waals surface area contributed by atoms with Gasteiger partial charge in [0.05, 0.1) is 10.8 Å². The highest BCUT2D eigenvalue weighted by molar-refractivity contribution is 7.99. The van der Waals surface area contributed by atoms with Crippen molar-refractivity contribution in [2.75, 3.05) is 5.75 Å². The van der Waals surface area contributed by atoms with Crippen LogP contribution in [0, 0.1) is 0 Å². The van der Waals surface area contributed by atoms with Gasteiger partial charge in [0.25, 0.3) is 0 Å². The molecule has 0 aliphatic rings. The van der Waals surface area contributed by atoms with Gasteiger partial charge >= 0.3 is 5.97 Å². The number of carbonyl (C=O) groups is 1. The molecule has 0 aliphatic heterocycles. The lowest BCUT2D eigenvalue weighted by Gasteiger charge is -2.14. The van der Waals surface area contributed by atoms with Crippen LogP contribution < -0.4 is 0 Å². The Morgan fingerprint density at radius 2 is 2.14 bits per heavy atom. The standard InChI is InChI=1S/C13H14ClN3O3S/c1-7(2)17-12(9-5-8(18)3-4-10(9)14)15-16-13(17)21-6-11(19)20/h3-5,7,18H,6H2,1-2H3,(H,19,20). The van der Waals surface area contributed by atoms with Crippen LogP contribution in [0.4, 0.5) is 0 Å². The maximum Gasteiger partial charge on any atom is 0.313 e. The predicted octanol–water partition coefficient (Wildman–Crippen LogP) is 3.06. The van der Waals surface area contributed by atoms with Gasteiger partial charge in [-0.3, -0.25) is 9.36 Å². The van der Waals surface area contributed by atoms with Gasteiger partial charge in [0.1, 0.15) is 5.75 Å². The molecule has 21 heavy (non-hydrogen) atoms. The molecule has 2 N–H and O–H groups in total. The zero-order valence-corrected chi connectivity index (χ0v) is 13.0. The van der Waals surface area contributed by atoms with Crippen molar-refractivity contribution in [2.24, 2.45) is 0 Å². The number of rotatable bonds is 5. The highest BCUT2D eigenvalue weighted by Gasteiger charge is 2.19. The van der Waals surface area contributed by atoms with E-state index in [4.69, 9.17) is 16.7 Å². The third kappa shape index (κ3) is 3.48. The van der Waals surface area contributed by atoms with Gasteiger partial charge in [0.2, 0.25) is 0 Å². The quantitative estimate of drug-likeness (QED) is 0.820. The summed E-state index contributed by atoms with van der Waals surface area (Å²) < 4.78 is 1.80. The number of aromatic hydroxyl groups is 1. The first-order valence-electron chi connectivity index (χ1n) is 6.18. The molecule has 0 spiro atoms. The number of halogens is 1. The van der Waals surface area contributed by atoms with Gasteiger partial charge in [-0.2, -0.15) is 0 Å². The smallest absolute Gasteiger partial charge is 0.313 e. The molecular weight excluding hydrogens is 314 g/mol. The molecule has 0 aliphatic carbocycles. The van der Waals surface area contributed by atoms with Crippen LogP contribution in [0.1, 0.15) is 19.9 Å². The normalized spacial score (nSPS) is 11.0. The monoisotopic (exact) mass is 327 g/mol. The second kappa shape index (κ2) is 6.36. The van der Waals surface area contributed by atoms with Crippen LogP contribution in [0.3, 0.4) is 0 Å². The Bertz CT molecular complexity index is 673. The number of phenols is 1.